The molecule has 5 nitrogen and oxygen atoms in total. The third kappa shape index (κ3) is 4.70. The van der Waals surface area contributed by atoms with Gasteiger partial charge in [-0.05, 0) is 57.0 Å². The van der Waals surface area contributed by atoms with Gasteiger partial charge in [0, 0.05) is 24.0 Å². The van der Waals surface area contributed by atoms with Crippen LogP contribution in [0.4, 0.5) is 10.1 Å². The van der Waals surface area contributed by atoms with E-state index in [1.807, 2.05) is 9.80 Å². The first-order valence-electron chi connectivity index (χ1n) is 8.79. The summed E-state index contributed by atoms with van der Waals surface area (Å²) in [4.78, 5) is 28.5. The highest BCUT2D eigenvalue weighted by molar-refractivity contribution is 6.30. The third-order valence-corrected chi connectivity index (χ3v) is 5.16. The maximum atomic E-state index is 13.7. The van der Waals surface area contributed by atoms with E-state index in [1.165, 1.54) is 18.2 Å². The molecule has 0 atom stereocenters. The fraction of sp³-hybridized carbons (Fsp3) is 0.556. The van der Waals surface area contributed by atoms with Gasteiger partial charge >= 0.3 is 0 Å². The normalized spacial score (nSPS) is 19.2. The zero-order valence-electron chi connectivity index (χ0n) is 14.1. The van der Waals surface area contributed by atoms with E-state index in [0.717, 1.165) is 38.8 Å². The number of benzene rings is 1. The number of carbonyl (C=O) groups excluding carboxylic acids is 2. The summed E-state index contributed by atoms with van der Waals surface area (Å²) in [5.74, 6) is -0.461. The van der Waals surface area contributed by atoms with Gasteiger partial charge < -0.3 is 10.2 Å². The van der Waals surface area contributed by atoms with Gasteiger partial charge in [-0.1, -0.05) is 11.6 Å². The molecule has 0 spiro atoms. The molecule has 2 aliphatic heterocycles. The van der Waals surface area contributed by atoms with Crippen LogP contribution in [-0.2, 0) is 9.59 Å². The summed E-state index contributed by atoms with van der Waals surface area (Å²) < 4.78 is 13.7. The fourth-order valence-electron chi connectivity index (χ4n) is 3.52. The van der Waals surface area contributed by atoms with Crippen LogP contribution in [0.5, 0.6) is 0 Å². The molecule has 0 aromatic heterocycles. The van der Waals surface area contributed by atoms with Crippen molar-refractivity contribution >= 4 is 29.1 Å². The van der Waals surface area contributed by atoms with Crippen molar-refractivity contribution in [2.24, 2.45) is 5.92 Å². The Balaban J connectivity index is 1.45. The Hall–Kier alpha value is -1.66. The molecule has 7 heteroatoms. The first kappa shape index (κ1) is 18.1. The molecule has 136 valence electrons. The van der Waals surface area contributed by atoms with Crippen LogP contribution in [-0.4, -0.2) is 54.3 Å². The molecule has 25 heavy (non-hydrogen) atoms. The van der Waals surface area contributed by atoms with Gasteiger partial charge in [-0.25, -0.2) is 4.39 Å². The van der Waals surface area contributed by atoms with E-state index in [2.05, 4.69) is 5.32 Å². The molecule has 2 fully saturated rings. The van der Waals surface area contributed by atoms with Crippen molar-refractivity contribution in [3.05, 3.63) is 29.0 Å². The van der Waals surface area contributed by atoms with Crippen LogP contribution in [0.15, 0.2) is 18.2 Å². The Morgan fingerprint density at radius 3 is 2.48 bits per heavy atom. The lowest BCUT2D eigenvalue weighted by atomic mass is 9.95. The highest BCUT2D eigenvalue weighted by Gasteiger charge is 2.30. The summed E-state index contributed by atoms with van der Waals surface area (Å²) in [6, 6.07) is 4.17. The summed E-state index contributed by atoms with van der Waals surface area (Å²) >= 11 is 5.70. The highest BCUT2D eigenvalue weighted by Crippen LogP contribution is 2.22. The van der Waals surface area contributed by atoms with Crippen LogP contribution in [0.25, 0.3) is 0 Å². The molecule has 0 saturated carbocycles. The zero-order valence-corrected chi connectivity index (χ0v) is 14.9. The Bertz CT molecular complexity index is 641. The average molecular weight is 368 g/mol. The van der Waals surface area contributed by atoms with E-state index >= 15 is 0 Å². The van der Waals surface area contributed by atoms with Crippen LogP contribution < -0.4 is 5.32 Å². The Labute approximate surface area is 152 Å². The van der Waals surface area contributed by atoms with Gasteiger partial charge in [0.1, 0.15) is 5.82 Å². The smallest absolute Gasteiger partial charge is 0.238 e. The van der Waals surface area contributed by atoms with Crippen molar-refractivity contribution in [2.45, 2.75) is 25.7 Å². The van der Waals surface area contributed by atoms with Crippen LogP contribution in [0, 0.1) is 11.7 Å². The number of amides is 2. The Kier molecular flexibility index (Phi) is 5.91. The molecular formula is C18H23ClFN3O2. The number of hydrogen-bond donors (Lipinski definition) is 1. The lowest BCUT2D eigenvalue weighted by molar-refractivity contribution is -0.136. The minimum atomic E-state index is -0.546. The van der Waals surface area contributed by atoms with Gasteiger partial charge in [0.25, 0.3) is 0 Å². The molecule has 0 bridgehead atoms. The van der Waals surface area contributed by atoms with E-state index in [1.54, 1.807) is 0 Å². The molecule has 2 amide bonds. The van der Waals surface area contributed by atoms with E-state index in [0.29, 0.717) is 18.1 Å². The van der Waals surface area contributed by atoms with Gasteiger partial charge in [-0.3, -0.25) is 14.5 Å². The number of likely N-dealkylation sites (tertiary alicyclic amines) is 2. The van der Waals surface area contributed by atoms with Crippen molar-refractivity contribution < 1.29 is 14.0 Å². The summed E-state index contributed by atoms with van der Waals surface area (Å²) in [7, 11) is 0. The monoisotopic (exact) mass is 367 g/mol. The standard InChI is InChI=1S/C18H23ClFN3O2/c19-14-3-4-16(15(20)11-14)21-17(24)12-22-9-5-13(6-10-22)18(25)23-7-1-2-8-23/h3-4,11,13H,1-2,5-10,12H2,(H,21,24). The number of hydrogen-bond acceptors (Lipinski definition) is 3. The maximum Gasteiger partial charge on any atom is 0.238 e. The number of carbonyl (C=O) groups is 2. The highest BCUT2D eigenvalue weighted by atomic mass is 35.5. The summed E-state index contributed by atoms with van der Waals surface area (Å²) in [6.07, 6.45) is 3.76. The molecule has 0 unspecified atom stereocenters. The van der Waals surface area contributed by atoms with Gasteiger partial charge in [0.15, 0.2) is 0 Å². The Morgan fingerprint density at radius 2 is 1.84 bits per heavy atom. The minimum absolute atomic E-state index is 0.0751. The quantitative estimate of drug-likeness (QED) is 0.890. The molecular weight excluding hydrogens is 345 g/mol. The molecule has 2 saturated heterocycles. The second-order valence-electron chi connectivity index (χ2n) is 6.76. The number of halogens is 2. The minimum Gasteiger partial charge on any atom is -0.342 e. The lowest BCUT2D eigenvalue weighted by Gasteiger charge is -2.32. The summed E-state index contributed by atoms with van der Waals surface area (Å²) in [5.41, 5.74) is 0.133. The molecule has 0 aliphatic carbocycles. The van der Waals surface area contributed by atoms with Crippen LogP contribution >= 0.6 is 11.6 Å². The van der Waals surface area contributed by atoms with Crippen molar-refractivity contribution in [3.63, 3.8) is 0 Å². The number of anilines is 1. The Morgan fingerprint density at radius 1 is 1.16 bits per heavy atom. The maximum absolute atomic E-state index is 13.7. The van der Waals surface area contributed by atoms with E-state index in [-0.39, 0.29) is 30.0 Å². The fourth-order valence-corrected chi connectivity index (χ4v) is 3.68. The molecule has 2 heterocycles. The topological polar surface area (TPSA) is 52.7 Å². The van der Waals surface area contributed by atoms with Crippen LogP contribution in [0.3, 0.4) is 0 Å². The van der Waals surface area contributed by atoms with Gasteiger partial charge in [-0.15, -0.1) is 0 Å². The third-order valence-electron chi connectivity index (χ3n) is 4.93. The SMILES string of the molecule is O=C(CN1CCC(C(=O)N2CCCC2)CC1)Nc1ccc(Cl)cc1F. The van der Waals surface area contributed by atoms with Gasteiger partial charge in [0.2, 0.25) is 11.8 Å². The van der Waals surface area contributed by atoms with Gasteiger partial charge in [-0.2, -0.15) is 0 Å². The molecule has 0 radical (unpaired) electrons. The van der Waals surface area contributed by atoms with E-state index in [9.17, 15) is 14.0 Å². The number of piperidine rings is 1. The first-order chi connectivity index (χ1) is 12.0. The number of nitrogens with zero attached hydrogens (tertiary/aromatic N) is 2. The second kappa shape index (κ2) is 8.15. The summed E-state index contributed by atoms with van der Waals surface area (Å²) in [5, 5.41) is 2.87. The second-order valence-corrected chi connectivity index (χ2v) is 7.19. The average Bonchev–Trinajstić information content (AvgIpc) is 3.12. The predicted molar refractivity (Wildman–Crippen MR) is 95.0 cm³/mol. The van der Waals surface area contributed by atoms with E-state index in [4.69, 9.17) is 11.6 Å². The van der Waals surface area contributed by atoms with Crippen molar-refractivity contribution in [1.29, 1.82) is 0 Å². The van der Waals surface area contributed by atoms with Crippen LogP contribution in [0.2, 0.25) is 5.02 Å². The lowest BCUT2D eigenvalue weighted by Crippen LogP contribution is -2.43. The predicted octanol–water partition coefficient (Wildman–Crippen LogP) is 2.75. The van der Waals surface area contributed by atoms with Crippen LogP contribution in [0.1, 0.15) is 25.7 Å². The molecule has 1 N–H and O–H groups in total. The zero-order chi connectivity index (χ0) is 17.8. The van der Waals surface area contributed by atoms with Gasteiger partial charge in [0.05, 0.1) is 12.2 Å². The van der Waals surface area contributed by atoms with Crippen molar-refractivity contribution in [2.75, 3.05) is 38.0 Å². The largest absolute Gasteiger partial charge is 0.342 e. The molecule has 1 aromatic carbocycles. The molecule has 2 aliphatic rings. The molecule has 3 rings (SSSR count). The number of nitrogens with one attached hydrogen (secondary N) is 1. The first-order valence-corrected chi connectivity index (χ1v) is 9.17. The van der Waals surface area contributed by atoms with Crippen molar-refractivity contribution in [1.82, 2.24) is 9.80 Å². The van der Waals surface area contributed by atoms with E-state index < -0.39 is 5.82 Å². The molecule has 1 aromatic rings. The summed E-state index contributed by atoms with van der Waals surface area (Å²) in [6.45, 7) is 3.39. The number of rotatable bonds is 4. The van der Waals surface area contributed by atoms with Crippen molar-refractivity contribution in [3.8, 4) is 0 Å².